The van der Waals surface area contributed by atoms with Crippen molar-refractivity contribution < 1.29 is 14.1 Å². The number of carbonyl (C=O) groups is 1. The molecule has 0 bridgehead atoms. The van der Waals surface area contributed by atoms with Crippen LogP contribution in [0.15, 0.2) is 59.1 Å². The van der Waals surface area contributed by atoms with Crippen molar-refractivity contribution in [1.29, 1.82) is 0 Å². The first-order chi connectivity index (χ1) is 13.8. The van der Waals surface area contributed by atoms with Crippen molar-refractivity contribution in [2.75, 3.05) is 31.2 Å². The van der Waals surface area contributed by atoms with Crippen LogP contribution in [0.5, 0.6) is 0 Å². The number of rotatable bonds is 6. The quantitative estimate of drug-likeness (QED) is 0.710. The van der Waals surface area contributed by atoms with Gasteiger partial charge in [-0.05, 0) is 29.8 Å². The van der Waals surface area contributed by atoms with Crippen LogP contribution in [0.2, 0.25) is 0 Å². The van der Waals surface area contributed by atoms with E-state index in [1.54, 1.807) is 0 Å². The summed E-state index contributed by atoms with van der Waals surface area (Å²) >= 11 is 0. The Morgan fingerprint density at radius 1 is 1.04 bits per heavy atom. The Hall–Kier alpha value is -3.19. The van der Waals surface area contributed by atoms with Gasteiger partial charge in [0.25, 0.3) is 5.91 Å². The number of amides is 1. The Morgan fingerprint density at radius 3 is 2.54 bits per heavy atom. The highest BCUT2D eigenvalue weighted by Gasteiger charge is 2.13. The molecule has 0 saturated carbocycles. The van der Waals surface area contributed by atoms with Crippen molar-refractivity contribution in [3.05, 3.63) is 77.4 Å². The average molecular weight is 378 g/mol. The van der Waals surface area contributed by atoms with Crippen molar-refractivity contribution >= 4 is 11.6 Å². The van der Waals surface area contributed by atoms with Crippen LogP contribution in [-0.4, -0.2) is 42.4 Å². The minimum absolute atomic E-state index is 0.170. The summed E-state index contributed by atoms with van der Waals surface area (Å²) in [6, 6.07) is 17.5. The van der Waals surface area contributed by atoms with Crippen molar-refractivity contribution in [2.45, 2.75) is 13.0 Å². The Balaban J connectivity index is 1.30. The molecule has 0 aliphatic carbocycles. The number of carbonyl (C=O) groups excluding carboxylic acids is 1. The Kier molecular flexibility index (Phi) is 5.63. The second kappa shape index (κ2) is 8.67. The van der Waals surface area contributed by atoms with Gasteiger partial charge in [0.15, 0.2) is 5.82 Å². The van der Waals surface area contributed by atoms with Crippen LogP contribution in [0.1, 0.15) is 27.6 Å². The van der Waals surface area contributed by atoms with Gasteiger partial charge < -0.3 is 19.5 Å². The fourth-order valence-electron chi connectivity index (χ4n) is 3.12. The second-order valence-corrected chi connectivity index (χ2v) is 6.60. The maximum Gasteiger partial charge on any atom is 0.251 e. The van der Waals surface area contributed by atoms with E-state index in [0.717, 1.165) is 37.6 Å². The third-order valence-corrected chi connectivity index (χ3v) is 4.62. The van der Waals surface area contributed by atoms with Crippen LogP contribution in [0, 0.1) is 0 Å². The number of benzene rings is 2. The van der Waals surface area contributed by atoms with E-state index in [0.29, 0.717) is 23.7 Å². The Labute approximate surface area is 163 Å². The van der Waals surface area contributed by atoms with E-state index in [1.165, 1.54) is 0 Å². The number of morpholine rings is 1. The maximum atomic E-state index is 12.4. The zero-order chi connectivity index (χ0) is 19.2. The molecule has 1 fully saturated rings. The summed E-state index contributed by atoms with van der Waals surface area (Å²) in [5.41, 5.74) is 2.81. The summed E-state index contributed by atoms with van der Waals surface area (Å²) in [5.74, 6) is 0.825. The van der Waals surface area contributed by atoms with Crippen LogP contribution in [0.3, 0.4) is 0 Å². The molecule has 3 aromatic rings. The lowest BCUT2D eigenvalue weighted by Gasteiger charge is -2.28. The van der Waals surface area contributed by atoms with Gasteiger partial charge in [-0.25, -0.2) is 0 Å². The first-order valence-electron chi connectivity index (χ1n) is 9.34. The van der Waals surface area contributed by atoms with Crippen molar-refractivity contribution in [2.24, 2.45) is 0 Å². The monoisotopic (exact) mass is 378 g/mol. The third-order valence-electron chi connectivity index (χ3n) is 4.62. The van der Waals surface area contributed by atoms with Crippen LogP contribution >= 0.6 is 0 Å². The molecule has 2 heterocycles. The molecular formula is C21H22N4O3. The molecule has 4 rings (SSSR count). The van der Waals surface area contributed by atoms with Gasteiger partial charge in [-0.2, -0.15) is 4.98 Å². The first kappa shape index (κ1) is 18.2. The lowest BCUT2D eigenvalue weighted by atomic mass is 10.1. The number of hydrogen-bond donors (Lipinski definition) is 1. The van der Waals surface area contributed by atoms with Crippen molar-refractivity contribution in [1.82, 2.24) is 15.5 Å². The first-order valence-corrected chi connectivity index (χ1v) is 9.34. The molecule has 1 saturated heterocycles. The van der Waals surface area contributed by atoms with Crippen molar-refractivity contribution in [3.63, 3.8) is 0 Å². The molecule has 144 valence electrons. The third kappa shape index (κ3) is 4.55. The summed E-state index contributed by atoms with van der Waals surface area (Å²) in [5, 5.41) is 6.80. The van der Waals surface area contributed by atoms with Crippen LogP contribution in [0.4, 0.5) is 5.69 Å². The molecule has 1 N–H and O–H groups in total. The fraction of sp³-hybridized carbons (Fsp3) is 0.286. The molecule has 1 aliphatic rings. The summed E-state index contributed by atoms with van der Waals surface area (Å²) < 4.78 is 10.6. The molecule has 0 atom stereocenters. The lowest BCUT2D eigenvalue weighted by Crippen LogP contribution is -2.36. The van der Waals surface area contributed by atoms with Gasteiger partial charge in [0, 0.05) is 30.8 Å². The fourth-order valence-corrected chi connectivity index (χ4v) is 3.12. The van der Waals surface area contributed by atoms with Crippen LogP contribution in [0.25, 0.3) is 0 Å². The second-order valence-electron chi connectivity index (χ2n) is 6.60. The van der Waals surface area contributed by atoms with Crippen LogP contribution in [-0.2, 0) is 17.7 Å². The molecule has 7 nitrogen and oxygen atoms in total. The van der Waals surface area contributed by atoms with E-state index in [1.807, 2.05) is 54.6 Å². The predicted octanol–water partition coefficient (Wildman–Crippen LogP) is 2.43. The predicted molar refractivity (Wildman–Crippen MR) is 104 cm³/mol. The molecule has 0 unspecified atom stereocenters. The highest BCUT2D eigenvalue weighted by molar-refractivity contribution is 5.94. The van der Waals surface area contributed by atoms with Crippen molar-refractivity contribution in [3.8, 4) is 0 Å². The summed E-state index contributed by atoms with van der Waals surface area (Å²) in [6.45, 7) is 3.41. The Morgan fingerprint density at radius 2 is 1.79 bits per heavy atom. The van der Waals surface area contributed by atoms with E-state index in [-0.39, 0.29) is 12.5 Å². The summed E-state index contributed by atoms with van der Waals surface area (Å²) in [6.07, 6.45) is 0.599. The van der Waals surface area contributed by atoms with Gasteiger partial charge >= 0.3 is 0 Å². The van der Waals surface area contributed by atoms with E-state index in [2.05, 4.69) is 20.4 Å². The topological polar surface area (TPSA) is 80.5 Å². The number of aromatic nitrogens is 2. The lowest BCUT2D eigenvalue weighted by molar-refractivity contribution is 0.0946. The van der Waals surface area contributed by atoms with Gasteiger partial charge in [-0.3, -0.25) is 4.79 Å². The number of nitrogens with zero attached hydrogens (tertiary/aromatic N) is 3. The largest absolute Gasteiger partial charge is 0.378 e. The highest BCUT2D eigenvalue weighted by Crippen LogP contribution is 2.16. The van der Waals surface area contributed by atoms with Gasteiger partial charge in [0.05, 0.1) is 19.8 Å². The minimum Gasteiger partial charge on any atom is -0.378 e. The molecule has 2 aromatic carbocycles. The molecule has 0 spiro atoms. The smallest absolute Gasteiger partial charge is 0.251 e. The summed E-state index contributed by atoms with van der Waals surface area (Å²) in [7, 11) is 0. The number of nitrogens with one attached hydrogen (secondary N) is 1. The van der Waals surface area contributed by atoms with Gasteiger partial charge in [-0.15, -0.1) is 0 Å². The van der Waals surface area contributed by atoms with Gasteiger partial charge in [0.2, 0.25) is 5.89 Å². The van der Waals surface area contributed by atoms with E-state index >= 15 is 0 Å². The molecule has 1 aliphatic heterocycles. The van der Waals surface area contributed by atoms with E-state index in [4.69, 9.17) is 9.26 Å². The minimum atomic E-state index is -0.170. The molecule has 0 radical (unpaired) electrons. The van der Waals surface area contributed by atoms with Gasteiger partial charge in [0.1, 0.15) is 0 Å². The number of ether oxygens (including phenoxy) is 1. The standard InChI is InChI=1S/C21H22N4O3/c26-21(17-6-8-18(9-7-17)25-10-12-27-13-11-25)22-15-20-23-19(24-28-20)14-16-4-2-1-3-5-16/h1-9H,10-15H2,(H,22,26). The molecule has 1 aromatic heterocycles. The van der Waals surface area contributed by atoms with Gasteiger partial charge in [-0.1, -0.05) is 35.5 Å². The SMILES string of the molecule is O=C(NCc1nc(Cc2ccccc2)no1)c1ccc(N2CCOCC2)cc1. The zero-order valence-electron chi connectivity index (χ0n) is 15.5. The maximum absolute atomic E-state index is 12.4. The summed E-state index contributed by atoms with van der Waals surface area (Å²) in [4.78, 5) is 19.0. The number of anilines is 1. The Bertz CT molecular complexity index is 903. The zero-order valence-corrected chi connectivity index (χ0v) is 15.5. The highest BCUT2D eigenvalue weighted by atomic mass is 16.5. The molecular weight excluding hydrogens is 356 g/mol. The molecule has 1 amide bonds. The molecule has 7 heteroatoms. The normalized spacial score (nSPS) is 14.1. The number of hydrogen-bond acceptors (Lipinski definition) is 6. The van der Waals surface area contributed by atoms with E-state index < -0.39 is 0 Å². The molecule has 28 heavy (non-hydrogen) atoms. The van der Waals surface area contributed by atoms with E-state index in [9.17, 15) is 4.79 Å². The van der Waals surface area contributed by atoms with Crippen LogP contribution < -0.4 is 10.2 Å². The average Bonchev–Trinajstić information content (AvgIpc) is 3.21.